The lowest BCUT2D eigenvalue weighted by Crippen LogP contribution is -2.01. The third kappa shape index (κ3) is 3.17. The van der Waals surface area contributed by atoms with E-state index in [1.165, 1.54) is 18.2 Å². The molecular weight excluding hydrogens is 226 g/mol. The molecule has 0 amide bonds. The van der Waals surface area contributed by atoms with Crippen molar-refractivity contribution < 1.29 is 9.53 Å². The summed E-state index contributed by atoms with van der Waals surface area (Å²) in [5, 5.41) is 0. The van der Waals surface area contributed by atoms with E-state index in [1.54, 1.807) is 18.3 Å². The maximum atomic E-state index is 11.3. The van der Waals surface area contributed by atoms with Crippen LogP contribution in [0.1, 0.15) is 21.5 Å². The molecule has 0 aliphatic carbocycles. The topological polar surface area (TPSA) is 39.2 Å². The lowest BCUT2D eigenvalue weighted by Gasteiger charge is -2.03. The van der Waals surface area contributed by atoms with Crippen LogP contribution in [-0.2, 0) is 17.6 Å². The molecule has 3 nitrogen and oxygen atoms in total. The highest BCUT2D eigenvalue weighted by Crippen LogP contribution is 2.09. The zero-order valence-electron chi connectivity index (χ0n) is 10.3. The Morgan fingerprint density at radius 3 is 2.44 bits per heavy atom. The first-order valence-electron chi connectivity index (χ1n) is 5.86. The Morgan fingerprint density at radius 1 is 1.11 bits per heavy atom. The van der Waals surface area contributed by atoms with Crippen molar-refractivity contribution in [2.75, 3.05) is 7.11 Å². The van der Waals surface area contributed by atoms with Crippen molar-refractivity contribution in [3.8, 4) is 0 Å². The Kier molecular flexibility index (Phi) is 4.07. The normalized spacial score (nSPS) is 10.1. The van der Waals surface area contributed by atoms with Crippen LogP contribution in [0.3, 0.4) is 0 Å². The van der Waals surface area contributed by atoms with Gasteiger partial charge >= 0.3 is 5.97 Å². The number of rotatable bonds is 4. The molecule has 18 heavy (non-hydrogen) atoms. The van der Waals surface area contributed by atoms with Crippen LogP contribution in [0.25, 0.3) is 0 Å². The number of nitrogens with zero attached hydrogens (tertiary/aromatic N) is 1. The number of carbonyl (C=O) groups excluding carboxylic acids is 1. The van der Waals surface area contributed by atoms with Crippen LogP contribution in [0.5, 0.6) is 0 Å². The van der Waals surface area contributed by atoms with E-state index in [0.717, 1.165) is 12.8 Å². The molecule has 3 heteroatoms. The van der Waals surface area contributed by atoms with Gasteiger partial charge in [0.15, 0.2) is 0 Å². The molecule has 0 spiro atoms. The highest BCUT2D eigenvalue weighted by atomic mass is 16.5. The number of esters is 1. The average molecular weight is 241 g/mol. The van der Waals surface area contributed by atoms with Gasteiger partial charge in [0, 0.05) is 12.4 Å². The van der Waals surface area contributed by atoms with Crippen LogP contribution < -0.4 is 0 Å². The van der Waals surface area contributed by atoms with Crippen molar-refractivity contribution >= 4 is 5.97 Å². The van der Waals surface area contributed by atoms with Crippen molar-refractivity contribution in [2.24, 2.45) is 0 Å². The molecule has 0 aliphatic heterocycles. The fraction of sp³-hybridized carbons (Fsp3) is 0.200. The number of ether oxygens (including phenoxy) is 1. The fourth-order valence-corrected chi connectivity index (χ4v) is 1.76. The Hall–Kier alpha value is -2.16. The van der Waals surface area contributed by atoms with Gasteiger partial charge in [-0.15, -0.1) is 0 Å². The second-order valence-corrected chi connectivity index (χ2v) is 4.05. The Bertz CT molecular complexity index is 506. The highest BCUT2D eigenvalue weighted by Gasteiger charge is 2.04. The number of benzene rings is 1. The molecule has 0 N–H and O–H groups in total. The number of aromatic nitrogens is 1. The number of hydrogen-bond donors (Lipinski definition) is 0. The van der Waals surface area contributed by atoms with E-state index in [-0.39, 0.29) is 5.97 Å². The van der Waals surface area contributed by atoms with Crippen molar-refractivity contribution in [1.29, 1.82) is 0 Å². The molecule has 0 radical (unpaired) electrons. The Balaban J connectivity index is 1.97. The molecule has 92 valence electrons. The largest absolute Gasteiger partial charge is 0.465 e. The Morgan fingerprint density at radius 2 is 1.83 bits per heavy atom. The van der Waals surface area contributed by atoms with Crippen molar-refractivity contribution in [3.05, 3.63) is 65.5 Å². The minimum Gasteiger partial charge on any atom is -0.465 e. The van der Waals surface area contributed by atoms with Crippen molar-refractivity contribution in [2.45, 2.75) is 12.8 Å². The van der Waals surface area contributed by atoms with E-state index in [4.69, 9.17) is 0 Å². The van der Waals surface area contributed by atoms with Crippen LogP contribution in [0, 0.1) is 0 Å². The summed E-state index contributed by atoms with van der Waals surface area (Å²) < 4.78 is 4.66. The number of aryl methyl sites for hydroxylation is 2. The molecule has 1 aromatic carbocycles. The monoisotopic (exact) mass is 241 g/mol. The van der Waals surface area contributed by atoms with Gasteiger partial charge in [-0.1, -0.05) is 18.2 Å². The van der Waals surface area contributed by atoms with Gasteiger partial charge in [-0.3, -0.25) is 4.98 Å². The third-order valence-electron chi connectivity index (χ3n) is 2.80. The van der Waals surface area contributed by atoms with Gasteiger partial charge in [-0.05, 0) is 42.2 Å². The second-order valence-electron chi connectivity index (χ2n) is 4.05. The van der Waals surface area contributed by atoms with Gasteiger partial charge in [0.2, 0.25) is 0 Å². The van der Waals surface area contributed by atoms with Gasteiger partial charge in [-0.2, -0.15) is 0 Å². The zero-order chi connectivity index (χ0) is 12.8. The smallest absolute Gasteiger partial charge is 0.337 e. The van der Waals surface area contributed by atoms with E-state index in [0.29, 0.717) is 5.56 Å². The molecule has 0 fully saturated rings. The second kappa shape index (κ2) is 5.96. The van der Waals surface area contributed by atoms with Crippen molar-refractivity contribution in [1.82, 2.24) is 4.98 Å². The molecule has 0 atom stereocenters. The molecule has 0 saturated carbocycles. The summed E-state index contributed by atoms with van der Waals surface area (Å²) in [7, 11) is 1.39. The maximum absolute atomic E-state index is 11.3. The van der Waals surface area contributed by atoms with Gasteiger partial charge in [0.05, 0.1) is 12.7 Å². The summed E-state index contributed by atoms with van der Waals surface area (Å²) in [5.41, 5.74) is 3.00. The minimum absolute atomic E-state index is 0.297. The minimum atomic E-state index is -0.297. The first kappa shape index (κ1) is 12.3. The lowest BCUT2D eigenvalue weighted by molar-refractivity contribution is 0.0600. The predicted molar refractivity (Wildman–Crippen MR) is 69.4 cm³/mol. The van der Waals surface area contributed by atoms with Gasteiger partial charge in [0.1, 0.15) is 0 Å². The van der Waals surface area contributed by atoms with E-state index >= 15 is 0 Å². The van der Waals surface area contributed by atoms with E-state index < -0.39 is 0 Å². The van der Waals surface area contributed by atoms with Crippen LogP contribution in [0.4, 0.5) is 0 Å². The number of carbonyl (C=O) groups is 1. The number of methoxy groups -OCH3 is 1. The van der Waals surface area contributed by atoms with Crippen LogP contribution in [-0.4, -0.2) is 18.1 Å². The fourth-order valence-electron chi connectivity index (χ4n) is 1.76. The van der Waals surface area contributed by atoms with Crippen molar-refractivity contribution in [3.63, 3.8) is 0 Å². The molecule has 2 aromatic rings. The SMILES string of the molecule is COC(=O)c1ccc(CCc2cccnc2)cc1. The summed E-state index contributed by atoms with van der Waals surface area (Å²) in [6, 6.07) is 11.5. The Labute approximate surface area is 106 Å². The zero-order valence-corrected chi connectivity index (χ0v) is 10.3. The standard InChI is InChI=1S/C15H15NO2/c1-18-15(17)14-8-6-12(7-9-14)4-5-13-3-2-10-16-11-13/h2-3,6-11H,4-5H2,1H3. The predicted octanol–water partition coefficient (Wildman–Crippen LogP) is 2.65. The third-order valence-corrected chi connectivity index (χ3v) is 2.80. The van der Waals surface area contributed by atoms with Gasteiger partial charge in [-0.25, -0.2) is 4.79 Å². The van der Waals surface area contributed by atoms with E-state index in [9.17, 15) is 4.79 Å². The van der Waals surface area contributed by atoms with Crippen LogP contribution in [0.2, 0.25) is 0 Å². The maximum Gasteiger partial charge on any atom is 0.337 e. The summed E-state index contributed by atoms with van der Waals surface area (Å²) >= 11 is 0. The lowest BCUT2D eigenvalue weighted by atomic mass is 10.0. The summed E-state index contributed by atoms with van der Waals surface area (Å²) in [5.74, 6) is -0.297. The van der Waals surface area contributed by atoms with E-state index in [2.05, 4.69) is 15.8 Å². The first-order valence-corrected chi connectivity index (χ1v) is 5.86. The van der Waals surface area contributed by atoms with Crippen LogP contribution >= 0.6 is 0 Å². The molecule has 0 aliphatic rings. The van der Waals surface area contributed by atoms with Gasteiger partial charge < -0.3 is 4.74 Å². The number of hydrogen-bond acceptors (Lipinski definition) is 3. The van der Waals surface area contributed by atoms with E-state index in [1.807, 2.05) is 24.4 Å². The summed E-state index contributed by atoms with van der Waals surface area (Å²) in [6.07, 6.45) is 5.54. The first-order chi connectivity index (χ1) is 8.79. The number of pyridine rings is 1. The quantitative estimate of drug-likeness (QED) is 0.772. The van der Waals surface area contributed by atoms with Crippen LogP contribution in [0.15, 0.2) is 48.8 Å². The molecular formula is C15H15NO2. The highest BCUT2D eigenvalue weighted by molar-refractivity contribution is 5.89. The average Bonchev–Trinajstić information content (AvgIpc) is 2.46. The molecule has 1 heterocycles. The molecule has 0 bridgehead atoms. The molecule has 0 unspecified atom stereocenters. The molecule has 0 saturated heterocycles. The summed E-state index contributed by atoms with van der Waals surface area (Å²) in [4.78, 5) is 15.4. The van der Waals surface area contributed by atoms with Gasteiger partial charge in [0.25, 0.3) is 0 Å². The summed E-state index contributed by atoms with van der Waals surface area (Å²) in [6.45, 7) is 0. The molecule has 1 aromatic heterocycles. The molecule has 2 rings (SSSR count).